The fourth-order valence-corrected chi connectivity index (χ4v) is 4.08. The van der Waals surface area contributed by atoms with E-state index in [0.29, 0.717) is 23.3 Å². The number of hydrogen-bond donors (Lipinski definition) is 2. The summed E-state index contributed by atoms with van der Waals surface area (Å²) in [6.07, 6.45) is 1.15. The molecule has 0 atom stereocenters. The molecule has 184 valence electrons. The van der Waals surface area contributed by atoms with Crippen molar-refractivity contribution < 1.29 is 22.7 Å². The van der Waals surface area contributed by atoms with Crippen molar-refractivity contribution in [1.29, 1.82) is 0 Å². The number of hydrogen-bond acceptors (Lipinski definition) is 5. The minimum Gasteiger partial charge on any atom is -0.489 e. The Labute approximate surface area is 206 Å². The zero-order valence-corrected chi connectivity index (χ0v) is 21.1. The summed E-state index contributed by atoms with van der Waals surface area (Å²) < 4.78 is 28.6. The van der Waals surface area contributed by atoms with Crippen LogP contribution in [-0.4, -0.2) is 26.5 Å². The Bertz CT molecular complexity index is 1280. The van der Waals surface area contributed by atoms with Gasteiger partial charge in [0.25, 0.3) is 11.8 Å². The number of carbonyl (C=O) groups excluding carboxylic acids is 2. The second-order valence-corrected chi connectivity index (χ2v) is 11.6. The molecule has 0 fully saturated rings. The highest BCUT2D eigenvalue weighted by Crippen LogP contribution is 2.24. The first-order valence-electron chi connectivity index (χ1n) is 11.1. The summed E-state index contributed by atoms with van der Waals surface area (Å²) in [6, 6.07) is 21.1. The standard InChI is InChI=1S/C27H30N2O5S/c1-27(2,3)23-13-15-24(16-14-23)34-17-19-5-9-21(10-6-19)25(30)28-29-26(31)22-11-7-20(8-12-22)18-35(4,32)33/h5-16H,17-18H2,1-4H3,(H,28,30)(H,29,31). The van der Waals surface area contributed by atoms with Crippen molar-refractivity contribution in [2.24, 2.45) is 0 Å². The smallest absolute Gasteiger partial charge is 0.269 e. The maximum Gasteiger partial charge on any atom is 0.269 e. The van der Waals surface area contributed by atoms with E-state index in [4.69, 9.17) is 4.74 Å². The number of nitrogens with one attached hydrogen (secondary N) is 2. The summed E-state index contributed by atoms with van der Waals surface area (Å²) >= 11 is 0. The lowest BCUT2D eigenvalue weighted by atomic mass is 9.87. The molecule has 0 aliphatic rings. The Kier molecular flexibility index (Phi) is 7.96. The number of hydrazine groups is 1. The molecule has 0 heterocycles. The van der Waals surface area contributed by atoms with Crippen LogP contribution in [0.2, 0.25) is 0 Å². The quantitative estimate of drug-likeness (QED) is 0.480. The number of benzene rings is 3. The Balaban J connectivity index is 1.49. The molecule has 8 heteroatoms. The Hall–Kier alpha value is -3.65. The van der Waals surface area contributed by atoms with E-state index in [0.717, 1.165) is 17.6 Å². The van der Waals surface area contributed by atoms with Crippen LogP contribution in [0.15, 0.2) is 72.8 Å². The first-order valence-corrected chi connectivity index (χ1v) is 13.2. The molecule has 0 unspecified atom stereocenters. The largest absolute Gasteiger partial charge is 0.489 e. The van der Waals surface area contributed by atoms with Crippen molar-refractivity contribution in [3.63, 3.8) is 0 Å². The molecule has 35 heavy (non-hydrogen) atoms. The van der Waals surface area contributed by atoms with Crippen molar-refractivity contribution in [3.8, 4) is 5.75 Å². The summed E-state index contributed by atoms with van der Waals surface area (Å²) in [6.45, 7) is 6.84. The topological polar surface area (TPSA) is 102 Å². The van der Waals surface area contributed by atoms with Crippen LogP contribution in [0.4, 0.5) is 0 Å². The Morgan fingerprint density at radius 3 is 1.63 bits per heavy atom. The molecule has 0 saturated carbocycles. The van der Waals surface area contributed by atoms with Crippen LogP contribution >= 0.6 is 0 Å². The van der Waals surface area contributed by atoms with E-state index in [1.54, 1.807) is 36.4 Å². The average molecular weight is 495 g/mol. The first kappa shape index (κ1) is 26.0. The fraction of sp³-hybridized carbons (Fsp3) is 0.259. The zero-order valence-electron chi connectivity index (χ0n) is 20.3. The highest BCUT2D eigenvalue weighted by atomic mass is 32.2. The van der Waals surface area contributed by atoms with Crippen molar-refractivity contribution in [3.05, 3.63) is 101 Å². The van der Waals surface area contributed by atoms with Crippen molar-refractivity contribution in [1.82, 2.24) is 10.9 Å². The van der Waals surface area contributed by atoms with E-state index in [-0.39, 0.29) is 11.2 Å². The van der Waals surface area contributed by atoms with Gasteiger partial charge >= 0.3 is 0 Å². The number of amides is 2. The van der Waals surface area contributed by atoms with Gasteiger partial charge in [-0.25, -0.2) is 8.42 Å². The molecule has 7 nitrogen and oxygen atoms in total. The Morgan fingerprint density at radius 1 is 0.743 bits per heavy atom. The third kappa shape index (κ3) is 7.96. The molecule has 0 bridgehead atoms. The molecule has 0 spiro atoms. The van der Waals surface area contributed by atoms with E-state index >= 15 is 0 Å². The van der Waals surface area contributed by atoms with Crippen LogP contribution < -0.4 is 15.6 Å². The molecule has 0 aliphatic heterocycles. The minimum atomic E-state index is -3.16. The van der Waals surface area contributed by atoms with E-state index in [2.05, 4.69) is 43.8 Å². The molecular formula is C27H30N2O5S. The van der Waals surface area contributed by atoms with Crippen LogP contribution in [0.1, 0.15) is 58.2 Å². The van der Waals surface area contributed by atoms with Gasteiger partial charge in [-0.05, 0) is 58.5 Å². The van der Waals surface area contributed by atoms with Crippen molar-refractivity contribution in [2.45, 2.75) is 38.5 Å². The Morgan fingerprint density at radius 2 is 1.20 bits per heavy atom. The molecule has 0 aliphatic carbocycles. The average Bonchev–Trinajstić information content (AvgIpc) is 2.80. The monoisotopic (exact) mass is 494 g/mol. The van der Waals surface area contributed by atoms with Crippen LogP contribution in [0.25, 0.3) is 0 Å². The fourth-order valence-electron chi connectivity index (χ4n) is 3.28. The number of sulfone groups is 1. The first-order chi connectivity index (χ1) is 16.4. The van der Waals surface area contributed by atoms with Gasteiger partial charge in [0.1, 0.15) is 12.4 Å². The normalized spacial score (nSPS) is 11.5. The van der Waals surface area contributed by atoms with E-state index in [1.165, 1.54) is 17.7 Å². The molecule has 2 N–H and O–H groups in total. The summed E-state index contributed by atoms with van der Waals surface area (Å²) in [4.78, 5) is 24.6. The van der Waals surface area contributed by atoms with Gasteiger partial charge in [0.15, 0.2) is 9.84 Å². The third-order valence-electron chi connectivity index (χ3n) is 5.28. The third-order valence-corrected chi connectivity index (χ3v) is 6.13. The summed E-state index contributed by atoms with van der Waals surface area (Å²) in [7, 11) is -3.16. The van der Waals surface area contributed by atoms with Gasteiger partial charge in [-0.3, -0.25) is 20.4 Å². The molecule has 3 aromatic rings. The SMILES string of the molecule is CC(C)(C)c1ccc(OCc2ccc(C(=O)NNC(=O)c3ccc(CS(C)(=O)=O)cc3)cc2)cc1. The lowest BCUT2D eigenvalue weighted by molar-refractivity contribution is 0.0846. The number of carbonyl (C=O) groups is 2. The van der Waals surface area contributed by atoms with Gasteiger partial charge in [0.05, 0.1) is 5.75 Å². The maximum atomic E-state index is 12.4. The molecule has 0 aromatic heterocycles. The molecule has 0 radical (unpaired) electrons. The van der Waals surface area contributed by atoms with Gasteiger partial charge in [-0.2, -0.15) is 0 Å². The predicted molar refractivity (Wildman–Crippen MR) is 136 cm³/mol. The predicted octanol–water partition coefficient (Wildman–Crippen LogP) is 4.18. The summed E-state index contributed by atoms with van der Waals surface area (Å²) in [5, 5.41) is 0. The van der Waals surface area contributed by atoms with Gasteiger partial charge in [0.2, 0.25) is 0 Å². The van der Waals surface area contributed by atoms with Crippen LogP contribution in [0, 0.1) is 0 Å². The lowest BCUT2D eigenvalue weighted by Crippen LogP contribution is -2.41. The molecular weight excluding hydrogens is 464 g/mol. The lowest BCUT2D eigenvalue weighted by Gasteiger charge is -2.19. The van der Waals surface area contributed by atoms with Crippen LogP contribution in [-0.2, 0) is 27.6 Å². The van der Waals surface area contributed by atoms with Crippen LogP contribution in [0.3, 0.4) is 0 Å². The van der Waals surface area contributed by atoms with Gasteiger partial charge < -0.3 is 4.74 Å². The highest BCUT2D eigenvalue weighted by Gasteiger charge is 2.13. The summed E-state index contributed by atoms with van der Waals surface area (Å²) in [5.74, 6) is -0.299. The van der Waals surface area contributed by atoms with Gasteiger partial charge in [-0.1, -0.05) is 57.2 Å². The van der Waals surface area contributed by atoms with Crippen molar-refractivity contribution >= 4 is 21.7 Å². The van der Waals surface area contributed by atoms with Crippen LogP contribution in [0.5, 0.6) is 5.75 Å². The van der Waals surface area contributed by atoms with Gasteiger partial charge in [0, 0.05) is 17.4 Å². The molecule has 3 aromatic carbocycles. The second-order valence-electron chi connectivity index (χ2n) is 9.44. The second kappa shape index (κ2) is 10.7. The minimum absolute atomic E-state index is 0.0824. The highest BCUT2D eigenvalue weighted by molar-refractivity contribution is 7.89. The maximum absolute atomic E-state index is 12.4. The van der Waals surface area contributed by atoms with Gasteiger partial charge in [-0.15, -0.1) is 0 Å². The van der Waals surface area contributed by atoms with E-state index in [9.17, 15) is 18.0 Å². The zero-order chi connectivity index (χ0) is 25.6. The molecule has 3 rings (SSSR count). The van der Waals surface area contributed by atoms with E-state index < -0.39 is 21.7 Å². The summed E-state index contributed by atoms with van der Waals surface area (Å²) in [5.41, 5.74) is 8.22. The molecule has 0 saturated heterocycles. The van der Waals surface area contributed by atoms with E-state index in [1.807, 2.05) is 12.1 Å². The number of ether oxygens (including phenoxy) is 1. The van der Waals surface area contributed by atoms with Crippen molar-refractivity contribution in [2.75, 3.05) is 6.26 Å². The molecule has 2 amide bonds. The number of rotatable bonds is 7.